The zero-order chi connectivity index (χ0) is 11.5. The SMILES string of the molecule is Cc1c(Cl)ncnc1Oc1cccc(Br)c1. The molecule has 0 spiro atoms. The number of halogens is 2. The molecule has 5 heteroatoms. The minimum Gasteiger partial charge on any atom is -0.439 e. The Labute approximate surface area is 107 Å². The van der Waals surface area contributed by atoms with Crippen LogP contribution in [0.1, 0.15) is 5.56 Å². The summed E-state index contributed by atoms with van der Waals surface area (Å²) in [7, 11) is 0. The molecule has 0 aliphatic heterocycles. The van der Waals surface area contributed by atoms with Crippen LogP contribution in [0.25, 0.3) is 0 Å². The maximum absolute atomic E-state index is 5.87. The van der Waals surface area contributed by atoms with E-state index in [4.69, 9.17) is 16.3 Å². The summed E-state index contributed by atoms with van der Waals surface area (Å²) in [6.07, 6.45) is 1.38. The molecule has 2 aromatic rings. The fraction of sp³-hybridized carbons (Fsp3) is 0.0909. The van der Waals surface area contributed by atoms with Crippen LogP contribution in [-0.2, 0) is 0 Å². The number of ether oxygens (including phenoxy) is 1. The van der Waals surface area contributed by atoms with Crippen molar-refractivity contribution >= 4 is 27.5 Å². The van der Waals surface area contributed by atoms with Crippen molar-refractivity contribution < 1.29 is 4.74 Å². The fourth-order valence-electron chi connectivity index (χ4n) is 1.16. The van der Waals surface area contributed by atoms with Crippen LogP contribution in [0.4, 0.5) is 0 Å². The van der Waals surface area contributed by atoms with Gasteiger partial charge in [0, 0.05) is 10.0 Å². The lowest BCUT2D eigenvalue weighted by atomic mass is 10.3. The van der Waals surface area contributed by atoms with Crippen LogP contribution in [0.15, 0.2) is 35.1 Å². The molecule has 82 valence electrons. The second-order valence-corrected chi connectivity index (χ2v) is 4.43. The Morgan fingerprint density at radius 3 is 2.88 bits per heavy atom. The molecule has 1 heterocycles. The van der Waals surface area contributed by atoms with Crippen molar-refractivity contribution in [1.29, 1.82) is 0 Å². The lowest BCUT2D eigenvalue weighted by Gasteiger charge is -2.07. The standard InChI is InChI=1S/C11H8BrClN2O/c1-7-10(13)14-6-15-11(7)16-9-4-2-3-8(12)5-9/h2-6H,1H3. The molecule has 0 unspecified atom stereocenters. The molecule has 1 aromatic carbocycles. The molecule has 0 amide bonds. The van der Waals surface area contributed by atoms with Gasteiger partial charge in [0.15, 0.2) is 0 Å². The number of benzene rings is 1. The highest BCUT2D eigenvalue weighted by atomic mass is 79.9. The summed E-state index contributed by atoms with van der Waals surface area (Å²) in [5, 5.41) is 0.403. The predicted octanol–water partition coefficient (Wildman–Crippen LogP) is 3.99. The van der Waals surface area contributed by atoms with Gasteiger partial charge in [0.25, 0.3) is 0 Å². The maximum atomic E-state index is 5.87. The summed E-state index contributed by atoms with van der Waals surface area (Å²) in [5.74, 6) is 1.17. The summed E-state index contributed by atoms with van der Waals surface area (Å²) in [4.78, 5) is 7.89. The maximum Gasteiger partial charge on any atom is 0.226 e. The summed E-state index contributed by atoms with van der Waals surface area (Å²) in [6.45, 7) is 1.82. The van der Waals surface area contributed by atoms with E-state index in [1.54, 1.807) is 0 Å². The van der Waals surface area contributed by atoms with Crippen molar-refractivity contribution in [2.75, 3.05) is 0 Å². The molecule has 0 N–H and O–H groups in total. The number of nitrogens with zero attached hydrogens (tertiary/aromatic N) is 2. The van der Waals surface area contributed by atoms with Crippen LogP contribution in [0, 0.1) is 6.92 Å². The summed E-state index contributed by atoms with van der Waals surface area (Å²) < 4.78 is 6.55. The lowest BCUT2D eigenvalue weighted by Crippen LogP contribution is -1.93. The highest BCUT2D eigenvalue weighted by molar-refractivity contribution is 9.10. The van der Waals surface area contributed by atoms with Gasteiger partial charge in [-0.2, -0.15) is 0 Å². The zero-order valence-corrected chi connectivity index (χ0v) is 10.8. The Bertz CT molecular complexity index is 519. The number of hydrogen-bond donors (Lipinski definition) is 0. The van der Waals surface area contributed by atoms with E-state index < -0.39 is 0 Å². The van der Waals surface area contributed by atoms with Crippen LogP contribution in [-0.4, -0.2) is 9.97 Å². The van der Waals surface area contributed by atoms with Gasteiger partial charge in [-0.05, 0) is 25.1 Å². The highest BCUT2D eigenvalue weighted by Gasteiger charge is 2.07. The van der Waals surface area contributed by atoms with Crippen LogP contribution in [0.5, 0.6) is 11.6 Å². The molecule has 1 aromatic heterocycles. The van der Waals surface area contributed by atoms with E-state index in [-0.39, 0.29) is 0 Å². The molecule has 0 saturated carbocycles. The molecule has 16 heavy (non-hydrogen) atoms. The fourth-order valence-corrected chi connectivity index (χ4v) is 1.66. The van der Waals surface area contributed by atoms with E-state index >= 15 is 0 Å². The van der Waals surface area contributed by atoms with Crippen molar-refractivity contribution in [3.63, 3.8) is 0 Å². The molecule has 0 fully saturated rings. The largest absolute Gasteiger partial charge is 0.439 e. The summed E-state index contributed by atoms with van der Waals surface area (Å²) >= 11 is 9.24. The first-order chi connectivity index (χ1) is 7.66. The van der Waals surface area contributed by atoms with Gasteiger partial charge >= 0.3 is 0 Å². The van der Waals surface area contributed by atoms with Gasteiger partial charge in [0.2, 0.25) is 5.88 Å². The van der Waals surface area contributed by atoms with E-state index in [0.717, 1.165) is 10.0 Å². The minimum absolute atomic E-state index is 0.403. The van der Waals surface area contributed by atoms with Gasteiger partial charge in [-0.1, -0.05) is 33.6 Å². The van der Waals surface area contributed by atoms with Gasteiger partial charge in [0.1, 0.15) is 17.2 Å². The Morgan fingerprint density at radius 2 is 2.12 bits per heavy atom. The zero-order valence-electron chi connectivity index (χ0n) is 8.45. The average Bonchev–Trinajstić information content (AvgIpc) is 2.25. The molecular weight excluding hydrogens is 291 g/mol. The average molecular weight is 300 g/mol. The monoisotopic (exact) mass is 298 g/mol. The first-order valence-electron chi connectivity index (χ1n) is 4.57. The topological polar surface area (TPSA) is 35.0 Å². The third-order valence-corrected chi connectivity index (χ3v) is 2.86. The Kier molecular flexibility index (Phi) is 3.41. The summed E-state index contributed by atoms with van der Waals surface area (Å²) in [5.41, 5.74) is 0.726. The van der Waals surface area contributed by atoms with Gasteiger partial charge in [-0.25, -0.2) is 9.97 Å². The predicted molar refractivity (Wildman–Crippen MR) is 66.0 cm³/mol. The normalized spacial score (nSPS) is 10.2. The second kappa shape index (κ2) is 4.80. The number of hydrogen-bond acceptors (Lipinski definition) is 3. The third kappa shape index (κ3) is 2.51. The van der Waals surface area contributed by atoms with E-state index in [0.29, 0.717) is 16.8 Å². The third-order valence-electron chi connectivity index (χ3n) is 1.99. The minimum atomic E-state index is 0.403. The molecule has 0 saturated heterocycles. The number of aromatic nitrogens is 2. The molecule has 0 aliphatic carbocycles. The smallest absolute Gasteiger partial charge is 0.226 e. The first-order valence-corrected chi connectivity index (χ1v) is 5.74. The van der Waals surface area contributed by atoms with Crippen molar-refractivity contribution in [3.05, 3.63) is 45.8 Å². The van der Waals surface area contributed by atoms with E-state index in [9.17, 15) is 0 Å². The van der Waals surface area contributed by atoms with Crippen LogP contribution >= 0.6 is 27.5 Å². The van der Waals surface area contributed by atoms with Crippen molar-refractivity contribution in [3.8, 4) is 11.6 Å². The van der Waals surface area contributed by atoms with Gasteiger partial charge in [0.05, 0.1) is 0 Å². The van der Waals surface area contributed by atoms with E-state index in [1.807, 2.05) is 31.2 Å². The lowest BCUT2D eigenvalue weighted by molar-refractivity contribution is 0.457. The first kappa shape index (κ1) is 11.4. The Morgan fingerprint density at radius 1 is 1.31 bits per heavy atom. The molecule has 3 nitrogen and oxygen atoms in total. The molecule has 0 bridgehead atoms. The second-order valence-electron chi connectivity index (χ2n) is 3.15. The van der Waals surface area contributed by atoms with Gasteiger partial charge < -0.3 is 4.74 Å². The van der Waals surface area contributed by atoms with E-state index in [2.05, 4.69) is 25.9 Å². The van der Waals surface area contributed by atoms with Crippen LogP contribution < -0.4 is 4.74 Å². The molecule has 2 rings (SSSR count). The Balaban J connectivity index is 2.31. The molecule has 0 atom stereocenters. The molecule has 0 aliphatic rings. The highest BCUT2D eigenvalue weighted by Crippen LogP contribution is 2.27. The van der Waals surface area contributed by atoms with Crippen molar-refractivity contribution in [2.24, 2.45) is 0 Å². The van der Waals surface area contributed by atoms with Gasteiger partial charge in [-0.15, -0.1) is 0 Å². The van der Waals surface area contributed by atoms with Crippen molar-refractivity contribution in [1.82, 2.24) is 9.97 Å². The van der Waals surface area contributed by atoms with Crippen LogP contribution in [0.2, 0.25) is 5.15 Å². The molecule has 0 radical (unpaired) electrons. The van der Waals surface area contributed by atoms with Gasteiger partial charge in [-0.3, -0.25) is 0 Å². The number of rotatable bonds is 2. The molecular formula is C11H8BrClN2O. The Hall–Kier alpha value is -1.13. The van der Waals surface area contributed by atoms with E-state index in [1.165, 1.54) is 6.33 Å². The van der Waals surface area contributed by atoms with Crippen molar-refractivity contribution in [2.45, 2.75) is 6.92 Å². The summed E-state index contributed by atoms with van der Waals surface area (Å²) in [6, 6.07) is 7.51. The quantitative estimate of drug-likeness (QED) is 0.786. The van der Waals surface area contributed by atoms with Crippen LogP contribution in [0.3, 0.4) is 0 Å².